The summed E-state index contributed by atoms with van der Waals surface area (Å²) in [6.45, 7) is 0.400. The normalized spacial score (nSPS) is 15.1. The fourth-order valence-electron chi connectivity index (χ4n) is 3.27. The number of carbonyl (C=O) groups is 1. The van der Waals surface area contributed by atoms with Crippen LogP contribution in [-0.2, 0) is 14.7 Å². The monoisotopic (exact) mass is 463 g/mol. The quantitative estimate of drug-likeness (QED) is 0.562. The van der Waals surface area contributed by atoms with Gasteiger partial charge in [0, 0.05) is 42.1 Å². The van der Waals surface area contributed by atoms with Crippen LogP contribution in [0.3, 0.4) is 0 Å². The Bertz CT molecular complexity index is 1180. The van der Waals surface area contributed by atoms with E-state index in [0.29, 0.717) is 21.7 Å². The standard InChI is InChI=1S/C19H19BClN3O6S/c21-15-6-7-17-14(12-15)13-18(22-17)31(27,28)24-10-8-23(9-11-24)19(25)30-20(26)29-16-4-2-1-3-5-16/h1-7,12-13,22,26H,8-11H2. The Labute approximate surface area is 184 Å². The van der Waals surface area contributed by atoms with Gasteiger partial charge in [0.25, 0.3) is 10.0 Å². The van der Waals surface area contributed by atoms with E-state index >= 15 is 0 Å². The second kappa shape index (κ2) is 8.79. The number of hydrogen-bond acceptors (Lipinski definition) is 6. The van der Waals surface area contributed by atoms with E-state index in [2.05, 4.69) is 4.98 Å². The first-order valence-corrected chi connectivity index (χ1v) is 11.3. The molecule has 9 nitrogen and oxygen atoms in total. The van der Waals surface area contributed by atoms with E-state index in [1.54, 1.807) is 48.5 Å². The molecule has 1 aliphatic heterocycles. The van der Waals surface area contributed by atoms with Crippen molar-refractivity contribution in [2.75, 3.05) is 26.2 Å². The van der Waals surface area contributed by atoms with Crippen molar-refractivity contribution in [3.63, 3.8) is 0 Å². The number of para-hydroxylation sites is 1. The summed E-state index contributed by atoms with van der Waals surface area (Å²) in [5, 5.41) is 11.1. The number of sulfonamides is 1. The van der Waals surface area contributed by atoms with Gasteiger partial charge in [-0.1, -0.05) is 29.8 Å². The molecule has 1 fully saturated rings. The van der Waals surface area contributed by atoms with E-state index in [1.165, 1.54) is 15.3 Å². The maximum Gasteiger partial charge on any atom is 0.788 e. The van der Waals surface area contributed by atoms with E-state index in [0.717, 1.165) is 0 Å². The number of aromatic amines is 1. The number of halogens is 1. The molecule has 2 aromatic carbocycles. The smallest absolute Gasteiger partial charge is 0.501 e. The van der Waals surface area contributed by atoms with Crippen molar-refractivity contribution in [3.05, 3.63) is 59.6 Å². The van der Waals surface area contributed by atoms with Crippen molar-refractivity contribution in [3.8, 4) is 5.75 Å². The minimum absolute atomic E-state index is 0.0625. The number of H-pyrrole nitrogens is 1. The van der Waals surface area contributed by atoms with Gasteiger partial charge in [0.15, 0.2) is 0 Å². The summed E-state index contributed by atoms with van der Waals surface area (Å²) in [6, 6.07) is 15.0. The van der Waals surface area contributed by atoms with E-state index in [9.17, 15) is 18.2 Å². The van der Waals surface area contributed by atoms with Crippen LogP contribution in [0.1, 0.15) is 0 Å². The van der Waals surface area contributed by atoms with Crippen LogP contribution in [0.5, 0.6) is 5.75 Å². The SMILES string of the molecule is O=C(OB(O)Oc1ccccc1)N1CCN(S(=O)(=O)c2cc3cc(Cl)ccc3[nH]2)CC1. The zero-order valence-corrected chi connectivity index (χ0v) is 17.8. The predicted molar refractivity (Wildman–Crippen MR) is 115 cm³/mol. The Morgan fingerprint density at radius 3 is 2.48 bits per heavy atom. The Hall–Kier alpha value is -2.73. The molecule has 0 saturated carbocycles. The summed E-state index contributed by atoms with van der Waals surface area (Å²) in [4.78, 5) is 16.5. The lowest BCUT2D eigenvalue weighted by atomic mass is 10.2. The Balaban J connectivity index is 1.35. The maximum absolute atomic E-state index is 13.0. The predicted octanol–water partition coefficient (Wildman–Crippen LogP) is 2.32. The highest BCUT2D eigenvalue weighted by Crippen LogP contribution is 2.25. The minimum Gasteiger partial charge on any atom is -0.501 e. The van der Waals surface area contributed by atoms with Crippen molar-refractivity contribution >= 4 is 45.9 Å². The van der Waals surface area contributed by atoms with Gasteiger partial charge in [0.1, 0.15) is 10.8 Å². The van der Waals surface area contributed by atoms with Gasteiger partial charge in [-0.2, -0.15) is 4.31 Å². The molecule has 0 unspecified atom stereocenters. The Morgan fingerprint density at radius 1 is 1.06 bits per heavy atom. The highest BCUT2D eigenvalue weighted by molar-refractivity contribution is 7.89. The molecule has 31 heavy (non-hydrogen) atoms. The number of aromatic nitrogens is 1. The maximum atomic E-state index is 13.0. The van der Waals surface area contributed by atoms with Crippen LogP contribution in [0.4, 0.5) is 4.79 Å². The number of nitrogens with zero attached hydrogens (tertiary/aromatic N) is 2. The molecule has 1 amide bonds. The summed E-state index contributed by atoms with van der Waals surface area (Å²) in [6.07, 6.45) is -0.791. The lowest BCUT2D eigenvalue weighted by molar-refractivity contribution is 0.115. The first-order valence-electron chi connectivity index (χ1n) is 9.47. The fraction of sp³-hybridized carbons (Fsp3) is 0.211. The van der Waals surface area contributed by atoms with Crippen LogP contribution in [-0.4, -0.2) is 67.2 Å². The number of fused-ring (bicyclic) bond motifs is 1. The fourth-order valence-corrected chi connectivity index (χ4v) is 4.88. The van der Waals surface area contributed by atoms with Crippen LogP contribution in [0.25, 0.3) is 10.9 Å². The number of hydrogen-bond donors (Lipinski definition) is 2. The molecule has 3 aromatic rings. The van der Waals surface area contributed by atoms with Gasteiger partial charge in [0.2, 0.25) is 0 Å². The number of amides is 1. The van der Waals surface area contributed by atoms with Crippen molar-refractivity contribution < 1.29 is 27.5 Å². The minimum atomic E-state index is -3.77. The van der Waals surface area contributed by atoms with Crippen LogP contribution in [0, 0.1) is 0 Å². The summed E-state index contributed by atoms with van der Waals surface area (Å²) in [5.74, 6) is 0.346. The number of carbonyl (C=O) groups excluding carboxylic acids is 1. The van der Waals surface area contributed by atoms with Crippen LogP contribution < -0.4 is 4.65 Å². The van der Waals surface area contributed by atoms with Gasteiger partial charge in [-0.15, -0.1) is 0 Å². The lowest BCUT2D eigenvalue weighted by Gasteiger charge is -2.33. The highest BCUT2D eigenvalue weighted by atomic mass is 35.5. The van der Waals surface area contributed by atoms with Gasteiger partial charge >= 0.3 is 13.4 Å². The molecule has 1 aromatic heterocycles. The van der Waals surface area contributed by atoms with E-state index in [-0.39, 0.29) is 31.2 Å². The lowest BCUT2D eigenvalue weighted by Crippen LogP contribution is -2.51. The number of benzene rings is 2. The zero-order valence-electron chi connectivity index (χ0n) is 16.3. The molecule has 4 rings (SSSR count). The van der Waals surface area contributed by atoms with Crippen LogP contribution in [0.2, 0.25) is 5.02 Å². The summed E-state index contributed by atoms with van der Waals surface area (Å²) in [7, 11) is -5.54. The van der Waals surface area contributed by atoms with Crippen LogP contribution >= 0.6 is 11.6 Å². The average molecular weight is 464 g/mol. The number of rotatable bonds is 5. The molecule has 162 valence electrons. The topological polar surface area (TPSA) is 112 Å². The van der Waals surface area contributed by atoms with Crippen molar-refractivity contribution in [1.82, 2.24) is 14.2 Å². The van der Waals surface area contributed by atoms with Crippen molar-refractivity contribution in [2.24, 2.45) is 0 Å². The van der Waals surface area contributed by atoms with Gasteiger partial charge in [-0.25, -0.2) is 13.2 Å². The van der Waals surface area contributed by atoms with Crippen molar-refractivity contribution in [2.45, 2.75) is 5.03 Å². The summed E-state index contributed by atoms with van der Waals surface area (Å²) < 4.78 is 37.2. The second-order valence-electron chi connectivity index (χ2n) is 6.88. The molecule has 2 N–H and O–H groups in total. The molecule has 0 radical (unpaired) electrons. The highest BCUT2D eigenvalue weighted by Gasteiger charge is 2.34. The third-order valence-electron chi connectivity index (χ3n) is 4.85. The van der Waals surface area contributed by atoms with Gasteiger partial charge in [0.05, 0.1) is 0 Å². The van der Waals surface area contributed by atoms with Gasteiger partial charge < -0.3 is 24.2 Å². The molecule has 0 bridgehead atoms. The van der Waals surface area contributed by atoms with E-state index < -0.39 is 23.4 Å². The molecule has 1 aliphatic rings. The Kier molecular flexibility index (Phi) is 6.10. The largest absolute Gasteiger partial charge is 0.788 e. The van der Waals surface area contributed by atoms with Gasteiger partial charge in [-0.3, -0.25) is 0 Å². The number of piperazine rings is 1. The summed E-state index contributed by atoms with van der Waals surface area (Å²) in [5.41, 5.74) is 0.664. The molecule has 0 aliphatic carbocycles. The van der Waals surface area contributed by atoms with Gasteiger partial charge in [-0.05, 0) is 36.4 Å². The van der Waals surface area contributed by atoms with Crippen LogP contribution in [0.15, 0.2) is 59.6 Å². The molecule has 12 heteroatoms. The molecule has 1 saturated heterocycles. The van der Waals surface area contributed by atoms with E-state index in [1.807, 2.05) is 0 Å². The zero-order chi connectivity index (χ0) is 22.0. The second-order valence-corrected chi connectivity index (χ2v) is 9.22. The third kappa shape index (κ3) is 4.80. The molecular weight excluding hydrogens is 445 g/mol. The first-order chi connectivity index (χ1) is 14.8. The first kappa shape index (κ1) is 21.5. The Morgan fingerprint density at radius 2 is 1.77 bits per heavy atom. The average Bonchev–Trinajstić information content (AvgIpc) is 3.18. The van der Waals surface area contributed by atoms with E-state index in [4.69, 9.17) is 20.9 Å². The molecule has 0 atom stereocenters. The van der Waals surface area contributed by atoms with Crippen molar-refractivity contribution in [1.29, 1.82) is 0 Å². The number of nitrogens with one attached hydrogen (secondary N) is 1. The molecule has 0 spiro atoms. The third-order valence-corrected chi connectivity index (χ3v) is 6.91. The summed E-state index contributed by atoms with van der Waals surface area (Å²) >= 11 is 5.97. The molecular formula is C19H19BClN3O6S. The molecule has 2 heterocycles.